The quantitative estimate of drug-likeness (QED) is 0.0280. The van der Waals surface area contributed by atoms with Crippen LogP contribution >= 0.6 is 47.6 Å². The maximum absolute atomic E-state index is 12.8. The van der Waals surface area contributed by atoms with Crippen LogP contribution in [0.2, 0.25) is 14.8 Å². The summed E-state index contributed by atoms with van der Waals surface area (Å²) in [7, 11) is 4.38. The molecule has 0 saturated carbocycles. The molecule has 8 unspecified atom stereocenters. The fourth-order valence-electron chi connectivity index (χ4n) is 19.2. The van der Waals surface area contributed by atoms with Gasteiger partial charge in [-0.2, -0.15) is 0 Å². The Balaban J connectivity index is 0.000000143. The molecule has 4 saturated heterocycles. The monoisotopic (exact) mass is 2240 g/mol. The minimum Gasteiger partial charge on any atom is -0.497 e. The van der Waals surface area contributed by atoms with Crippen LogP contribution < -0.4 is 76.7 Å². The minimum absolute atomic E-state index is 0. The molecule has 16 aromatic carbocycles. The fraction of sp³-hybridized carbons (Fsp3) is 0.200. The maximum atomic E-state index is 12.8. The molecular weight excluding hydrogens is 2120 g/mol. The Bertz CT molecular complexity index is 5680. The number of nitrogens with zero attached hydrogens (tertiary/aromatic N) is 2. The first-order valence-electron chi connectivity index (χ1n) is 49.0. The average Bonchev–Trinajstić information content (AvgIpc) is 1.59. The predicted molar refractivity (Wildman–Crippen MR) is 606 cm³/mol. The van der Waals surface area contributed by atoms with Crippen molar-refractivity contribution in [2.45, 2.75) is 103 Å². The molecule has 144 heavy (non-hydrogen) atoms. The first-order valence-corrected chi connectivity index (χ1v) is 65.1. The van der Waals surface area contributed by atoms with Crippen molar-refractivity contribution in [1.82, 2.24) is 9.80 Å². The van der Waals surface area contributed by atoms with E-state index in [1.807, 2.05) is 60.4 Å². The zero-order valence-electron chi connectivity index (χ0n) is 83.1. The Kier molecular flexibility index (Phi) is 43.1. The van der Waals surface area contributed by atoms with Crippen molar-refractivity contribution in [3.8, 4) is 22.6 Å². The Morgan fingerprint density at radius 1 is 0.299 bits per heavy atom. The van der Waals surface area contributed by atoms with Gasteiger partial charge in [-0.25, -0.2) is 4.79 Å². The summed E-state index contributed by atoms with van der Waals surface area (Å²) in [6, 6.07) is 162. The summed E-state index contributed by atoms with van der Waals surface area (Å²) >= 11 is 1.22. The van der Waals surface area contributed by atoms with Crippen molar-refractivity contribution in [2.75, 3.05) is 41.7 Å². The van der Waals surface area contributed by atoms with E-state index in [-0.39, 0.29) is 86.5 Å². The van der Waals surface area contributed by atoms with Crippen LogP contribution in [0.25, 0.3) is 11.1 Å². The van der Waals surface area contributed by atoms with E-state index < -0.39 is 56.0 Å². The minimum atomic E-state index is -2.11. The number of methoxy groups -OCH3 is 4. The number of piperidine rings is 2. The Hall–Kier alpha value is -11.7. The summed E-state index contributed by atoms with van der Waals surface area (Å²) in [5.74, 6) is 0.581. The van der Waals surface area contributed by atoms with Crippen LogP contribution in [-0.2, 0) is 49.0 Å². The van der Waals surface area contributed by atoms with Gasteiger partial charge < -0.3 is 23.8 Å². The van der Waals surface area contributed by atoms with Crippen LogP contribution in [0.15, 0.2) is 466 Å². The van der Waals surface area contributed by atoms with Crippen LogP contribution in [0.4, 0.5) is 9.59 Å². The van der Waals surface area contributed by atoms with E-state index in [4.69, 9.17) is 28.4 Å². The van der Waals surface area contributed by atoms with Crippen LogP contribution in [0.1, 0.15) is 75.3 Å². The summed E-state index contributed by atoms with van der Waals surface area (Å²) in [4.78, 5) is 61.3. The summed E-state index contributed by atoms with van der Waals surface area (Å²) in [6.45, 7) is 4.29. The number of benzene rings is 16. The van der Waals surface area contributed by atoms with E-state index in [0.29, 0.717) is 13.2 Å². The van der Waals surface area contributed by atoms with Crippen molar-refractivity contribution >= 4 is 157 Å². The average molecular weight is 2250 g/mol. The third-order valence-corrected chi connectivity index (χ3v) is 42.1. The number of amides is 2. The number of halogens is 1. The van der Waals surface area contributed by atoms with E-state index in [1.165, 1.54) is 87.0 Å². The van der Waals surface area contributed by atoms with Crippen molar-refractivity contribution in [2.24, 2.45) is 11.8 Å². The van der Waals surface area contributed by atoms with E-state index in [2.05, 4.69) is 443 Å². The molecule has 4 aliphatic heterocycles. The van der Waals surface area contributed by atoms with E-state index in [1.54, 1.807) is 26.0 Å². The third-order valence-electron chi connectivity index (χ3n) is 25.9. The van der Waals surface area contributed by atoms with Crippen molar-refractivity contribution in [3.05, 3.63) is 477 Å². The molecule has 16 aromatic rings. The second-order valence-corrected chi connectivity index (χ2v) is 60.1. The van der Waals surface area contributed by atoms with Crippen molar-refractivity contribution in [3.63, 3.8) is 0 Å². The predicted octanol–water partition coefficient (Wildman–Crippen LogP) is 24.4. The van der Waals surface area contributed by atoms with Gasteiger partial charge in [-0.05, 0) is 169 Å². The Morgan fingerprint density at radius 3 is 0.764 bits per heavy atom. The Morgan fingerprint density at radius 2 is 0.542 bits per heavy atom. The molecule has 4 fully saturated rings. The molecular formula is C125H127BrN2O10P4PdSn. The molecule has 0 spiro atoms. The zero-order chi connectivity index (χ0) is 100. The number of carbonyl (C=O) groups is 4. The molecule has 19 heteroatoms. The molecule has 2 amide bonds. The fourth-order valence-corrected chi connectivity index (χ4v) is 32.2. The van der Waals surface area contributed by atoms with Gasteiger partial charge in [0, 0.05) is 42.9 Å². The summed E-state index contributed by atoms with van der Waals surface area (Å²) in [6.07, 6.45) is 4.32. The normalized spacial score (nSPS) is 16.6. The first kappa shape index (κ1) is 109. The van der Waals surface area contributed by atoms with Gasteiger partial charge in [-0.1, -0.05) is 422 Å². The number of esters is 2. The molecule has 4 aliphatic rings. The second-order valence-electron chi connectivity index (χ2n) is 35.8. The topological polar surface area (TPSA) is 130 Å². The number of hydrogen-bond donors (Lipinski definition) is 0. The number of hydrogen-bond acceptors (Lipinski definition) is 10. The molecule has 0 radical (unpaired) electrons. The molecule has 738 valence electrons. The number of ether oxygens (including phenoxy) is 6. The van der Waals surface area contributed by atoms with Gasteiger partial charge in [-0.3, -0.25) is 4.79 Å². The molecule has 0 N–H and O–H groups in total. The number of rotatable bonds is 22. The summed E-state index contributed by atoms with van der Waals surface area (Å²) in [5, 5.41) is 16.8. The number of carbonyl (C=O) groups excluding carboxylic acids is 4. The molecule has 0 aromatic heterocycles. The van der Waals surface area contributed by atoms with Gasteiger partial charge in [0.15, 0.2) is 0 Å². The zero-order valence-corrected chi connectivity index (χ0v) is 92.7. The SMILES string of the molecule is CCOC(=O)N1C2CCC1C(C(=O)OC)C(c1cc[c]([Sn]([CH3])([CH3])[CH3])cc1)C2.CCOC(=O)N1C2CCC1C(C(=O)OC)C(c1ccc(-c3cccc(OC)c3)cc1)C2.COc1cccc(Br)c1.[Pd].c1ccc(P(c2ccccc2)c2ccccc2)cc1.c1ccc(P(c2ccccc2)c2ccccc2)cc1.c1ccc(P(c2ccccc2)c2ccccc2)cc1.c1ccc(P(c2ccccc2)c2ccccc2)cc1. The van der Waals surface area contributed by atoms with Crippen molar-refractivity contribution in [1.29, 1.82) is 0 Å². The van der Waals surface area contributed by atoms with Crippen LogP contribution in [-0.4, -0.2) is 118 Å². The first-order chi connectivity index (χ1) is 70.0. The largest absolute Gasteiger partial charge is 0.497 e. The molecule has 0 aliphatic carbocycles. The molecule has 8 atom stereocenters. The van der Waals surface area contributed by atoms with Gasteiger partial charge in [-0.15, -0.1) is 0 Å². The van der Waals surface area contributed by atoms with Gasteiger partial charge in [0.25, 0.3) is 0 Å². The standard InChI is InChI=1S/C25H29NO5.C18H22NO4.4C18H15P.C7H7BrO.3CH3.Pd.Sn/c1-4-31-25(28)26-19-12-13-22(26)23(24(27)30-3)21(15-19)17-10-8-16(9-11-17)18-6-5-7-20(14-18)29-2;1-3-23-18(21)19-13-9-10-15(19)16(17(20)22-2)14(11-13)12-7-5-4-6-8-12;4*1-4-10-16(11-5-1)19(17-12-6-2-7-13-17)18-14-8-3-9-15-18;1-9-7-4-2-3-6(8)5-7;;;;;/h5-11,14,19,21-23H,4,12-13,15H2,1-3H3;5-8,13-16H,3,9-11H2,1-2H3;4*1-15H;2-5H,1H3;3*1H3;;. The van der Waals surface area contributed by atoms with Gasteiger partial charge >= 0.3 is 179 Å². The van der Waals surface area contributed by atoms with Crippen LogP contribution in [0.3, 0.4) is 0 Å². The van der Waals surface area contributed by atoms with Gasteiger partial charge in [0.05, 0.1) is 33.9 Å². The maximum Gasteiger partial charge on any atom is 0.410 e. The van der Waals surface area contributed by atoms with Gasteiger partial charge in [0.1, 0.15) is 11.5 Å². The number of fused-ring (bicyclic) bond motifs is 4. The Labute approximate surface area is 883 Å². The summed E-state index contributed by atoms with van der Waals surface area (Å²) < 4.78 is 33.7. The van der Waals surface area contributed by atoms with E-state index in [0.717, 1.165) is 71.2 Å². The third kappa shape index (κ3) is 29.8. The molecule has 12 nitrogen and oxygen atoms in total. The molecule has 4 heterocycles. The van der Waals surface area contributed by atoms with Crippen molar-refractivity contribution < 1.29 is 68.0 Å². The van der Waals surface area contributed by atoms with Crippen LogP contribution in [0, 0.1) is 11.8 Å². The second kappa shape index (κ2) is 56.7. The van der Waals surface area contributed by atoms with E-state index in [9.17, 15) is 19.2 Å². The molecule has 4 bridgehead atoms. The van der Waals surface area contributed by atoms with Crippen LogP contribution in [0.5, 0.6) is 11.5 Å². The summed E-state index contributed by atoms with van der Waals surface area (Å²) in [5.41, 5.74) is 4.45. The van der Waals surface area contributed by atoms with E-state index >= 15 is 0 Å². The smallest absolute Gasteiger partial charge is 0.410 e. The molecule has 20 rings (SSSR count). The van der Waals surface area contributed by atoms with Gasteiger partial charge in [0.2, 0.25) is 0 Å².